The lowest BCUT2D eigenvalue weighted by atomic mass is 10.2. The summed E-state index contributed by atoms with van der Waals surface area (Å²) in [5, 5.41) is 2.51. The van der Waals surface area contributed by atoms with Gasteiger partial charge in [0.05, 0.1) is 9.38 Å². The molecule has 0 spiro atoms. The number of hydrogen-bond acceptors (Lipinski definition) is 5. The monoisotopic (exact) mass is 474 g/mol. The third-order valence-electron chi connectivity index (χ3n) is 4.14. The molecule has 1 heterocycles. The number of carbonyl (C=O) groups is 3. The molecule has 3 rings (SSSR count). The number of imide groups is 1. The molecular weight excluding hydrogens is 456 g/mol. The fourth-order valence-electron chi connectivity index (χ4n) is 2.63. The fraction of sp³-hybridized carbons (Fsp3) is 0.190. The Kier molecular flexibility index (Phi) is 6.76. The second-order valence-corrected chi connectivity index (χ2v) is 8.17. The lowest BCUT2D eigenvalue weighted by molar-refractivity contribution is -0.122. The summed E-state index contributed by atoms with van der Waals surface area (Å²) in [6, 6.07) is 12.7. The number of ether oxygens (including phenoxy) is 1. The summed E-state index contributed by atoms with van der Waals surface area (Å²) in [7, 11) is 0. The van der Waals surface area contributed by atoms with E-state index in [2.05, 4.69) is 21.2 Å². The van der Waals surface area contributed by atoms with Gasteiger partial charge in [0.25, 0.3) is 17.1 Å². The van der Waals surface area contributed by atoms with E-state index in [-0.39, 0.29) is 23.7 Å². The first-order valence-corrected chi connectivity index (χ1v) is 10.5. The molecule has 8 heteroatoms. The second-order valence-electron chi connectivity index (χ2n) is 6.32. The molecule has 0 unspecified atom stereocenters. The summed E-state index contributed by atoms with van der Waals surface area (Å²) < 4.78 is 6.22. The third-order valence-corrected chi connectivity index (χ3v) is 5.66. The molecule has 1 fully saturated rings. The number of nitrogens with zero attached hydrogens (tertiary/aromatic N) is 1. The number of aryl methyl sites for hydroxylation is 1. The van der Waals surface area contributed by atoms with E-state index in [0.717, 1.165) is 22.9 Å². The Hall–Kier alpha value is -2.58. The predicted octanol–water partition coefficient (Wildman–Crippen LogP) is 4.83. The SMILES string of the molecule is CCN1C(=O)S/C(=C\c2ccc(OCC(=O)Nc3ccc(C)cc3)c(Br)c2)C1=O. The van der Waals surface area contributed by atoms with E-state index in [1.807, 2.05) is 31.2 Å². The number of benzene rings is 2. The highest BCUT2D eigenvalue weighted by atomic mass is 79.9. The van der Waals surface area contributed by atoms with Gasteiger partial charge < -0.3 is 10.1 Å². The Morgan fingerprint density at radius 3 is 2.55 bits per heavy atom. The number of carbonyl (C=O) groups excluding carboxylic acids is 3. The molecule has 0 radical (unpaired) electrons. The van der Waals surface area contributed by atoms with E-state index in [4.69, 9.17) is 4.74 Å². The lowest BCUT2D eigenvalue weighted by Gasteiger charge is -2.10. The van der Waals surface area contributed by atoms with Crippen molar-refractivity contribution in [3.8, 4) is 5.75 Å². The summed E-state index contributed by atoms with van der Waals surface area (Å²) >= 11 is 4.35. The van der Waals surface area contributed by atoms with Crippen LogP contribution in [-0.2, 0) is 9.59 Å². The highest BCUT2D eigenvalue weighted by Gasteiger charge is 2.33. The molecule has 1 aliphatic heterocycles. The van der Waals surface area contributed by atoms with Crippen LogP contribution >= 0.6 is 27.7 Å². The van der Waals surface area contributed by atoms with Crippen molar-refractivity contribution in [1.82, 2.24) is 4.90 Å². The first kappa shape index (κ1) is 21.1. The van der Waals surface area contributed by atoms with Crippen molar-refractivity contribution >= 4 is 56.5 Å². The van der Waals surface area contributed by atoms with Gasteiger partial charge in [0.2, 0.25) is 0 Å². The molecule has 2 aromatic rings. The quantitative estimate of drug-likeness (QED) is 0.606. The molecule has 6 nitrogen and oxygen atoms in total. The molecule has 1 saturated heterocycles. The summed E-state index contributed by atoms with van der Waals surface area (Å²) in [6.07, 6.45) is 1.67. The standard InChI is InChI=1S/C21H19BrN2O4S/c1-3-24-20(26)18(29-21(24)27)11-14-6-9-17(16(22)10-14)28-12-19(25)23-15-7-4-13(2)5-8-15/h4-11H,3,12H2,1-2H3,(H,23,25)/b18-11-. The molecule has 1 aliphatic rings. The molecule has 0 atom stereocenters. The topological polar surface area (TPSA) is 75.7 Å². The van der Waals surface area contributed by atoms with Crippen LogP contribution in [0.3, 0.4) is 0 Å². The van der Waals surface area contributed by atoms with Gasteiger partial charge in [-0.1, -0.05) is 23.8 Å². The van der Waals surface area contributed by atoms with Crippen LogP contribution in [0.2, 0.25) is 0 Å². The zero-order valence-electron chi connectivity index (χ0n) is 15.9. The van der Waals surface area contributed by atoms with Crippen molar-refractivity contribution < 1.29 is 19.1 Å². The number of thioether (sulfide) groups is 1. The Morgan fingerprint density at radius 1 is 1.21 bits per heavy atom. The van der Waals surface area contributed by atoms with E-state index in [1.165, 1.54) is 4.90 Å². The molecule has 0 aliphatic carbocycles. The zero-order valence-corrected chi connectivity index (χ0v) is 18.3. The number of rotatable bonds is 6. The van der Waals surface area contributed by atoms with E-state index >= 15 is 0 Å². The maximum Gasteiger partial charge on any atom is 0.293 e. The van der Waals surface area contributed by atoms with Crippen molar-refractivity contribution in [1.29, 1.82) is 0 Å². The first-order valence-electron chi connectivity index (χ1n) is 8.91. The highest BCUT2D eigenvalue weighted by Crippen LogP contribution is 2.33. The molecule has 150 valence electrons. The van der Waals surface area contributed by atoms with E-state index in [0.29, 0.717) is 27.4 Å². The van der Waals surface area contributed by atoms with E-state index in [9.17, 15) is 14.4 Å². The van der Waals surface area contributed by atoms with Crippen LogP contribution in [0, 0.1) is 6.92 Å². The van der Waals surface area contributed by atoms with E-state index in [1.54, 1.807) is 31.2 Å². The molecular formula is C21H19BrN2O4S. The van der Waals surface area contributed by atoms with Crippen LogP contribution < -0.4 is 10.1 Å². The Balaban J connectivity index is 1.62. The van der Waals surface area contributed by atoms with Crippen LogP contribution in [0.5, 0.6) is 5.75 Å². The van der Waals surface area contributed by atoms with Crippen molar-refractivity contribution in [2.75, 3.05) is 18.5 Å². The normalized spacial score (nSPS) is 15.1. The smallest absolute Gasteiger partial charge is 0.293 e. The Labute approximate surface area is 181 Å². The minimum absolute atomic E-state index is 0.138. The van der Waals surface area contributed by atoms with Gasteiger partial charge in [0, 0.05) is 12.2 Å². The number of halogens is 1. The number of hydrogen-bond donors (Lipinski definition) is 1. The van der Waals surface area contributed by atoms with Crippen LogP contribution in [0.1, 0.15) is 18.1 Å². The summed E-state index contributed by atoms with van der Waals surface area (Å²) in [5.74, 6) is -0.0485. The van der Waals surface area contributed by atoms with Crippen LogP contribution in [0.4, 0.5) is 10.5 Å². The second kappa shape index (κ2) is 9.28. The maximum atomic E-state index is 12.2. The van der Waals surface area contributed by atoms with Gasteiger partial charge in [-0.2, -0.15) is 0 Å². The van der Waals surface area contributed by atoms with Crippen molar-refractivity contribution in [3.05, 3.63) is 63.0 Å². The highest BCUT2D eigenvalue weighted by molar-refractivity contribution is 9.10. The average molecular weight is 475 g/mol. The number of nitrogens with one attached hydrogen (secondary N) is 1. The van der Waals surface area contributed by atoms with Gasteiger partial charge >= 0.3 is 0 Å². The van der Waals surface area contributed by atoms with Gasteiger partial charge in [-0.05, 0) is 77.4 Å². The summed E-state index contributed by atoms with van der Waals surface area (Å²) in [5.41, 5.74) is 2.57. The largest absolute Gasteiger partial charge is 0.483 e. The van der Waals surface area contributed by atoms with Crippen molar-refractivity contribution in [3.63, 3.8) is 0 Å². The van der Waals surface area contributed by atoms with Gasteiger partial charge in [-0.15, -0.1) is 0 Å². The van der Waals surface area contributed by atoms with Gasteiger partial charge in [0.1, 0.15) is 5.75 Å². The van der Waals surface area contributed by atoms with Crippen LogP contribution in [0.25, 0.3) is 6.08 Å². The molecule has 0 bridgehead atoms. The zero-order chi connectivity index (χ0) is 21.0. The number of anilines is 1. The molecule has 3 amide bonds. The molecule has 0 saturated carbocycles. The number of likely N-dealkylation sites (N-methyl/N-ethyl adjacent to an activating group) is 1. The van der Waals surface area contributed by atoms with Gasteiger partial charge in [-0.3, -0.25) is 19.3 Å². The Morgan fingerprint density at radius 2 is 1.93 bits per heavy atom. The summed E-state index contributed by atoms with van der Waals surface area (Å²) in [4.78, 5) is 37.6. The first-order chi connectivity index (χ1) is 13.9. The molecule has 1 N–H and O–H groups in total. The van der Waals surface area contributed by atoms with E-state index < -0.39 is 0 Å². The third kappa shape index (κ3) is 5.27. The van der Waals surface area contributed by atoms with Gasteiger partial charge in [-0.25, -0.2) is 0 Å². The average Bonchev–Trinajstić information content (AvgIpc) is 2.95. The Bertz CT molecular complexity index is 989. The maximum absolute atomic E-state index is 12.2. The van der Waals surface area contributed by atoms with Gasteiger partial charge in [0.15, 0.2) is 6.61 Å². The lowest BCUT2D eigenvalue weighted by Crippen LogP contribution is -2.27. The number of amides is 3. The molecule has 2 aromatic carbocycles. The fourth-order valence-corrected chi connectivity index (χ4v) is 4.04. The van der Waals surface area contributed by atoms with Crippen molar-refractivity contribution in [2.24, 2.45) is 0 Å². The minimum Gasteiger partial charge on any atom is -0.483 e. The molecule has 0 aromatic heterocycles. The van der Waals surface area contributed by atoms with Crippen LogP contribution in [-0.4, -0.2) is 35.1 Å². The summed E-state index contributed by atoms with van der Waals surface area (Å²) in [6.45, 7) is 3.95. The van der Waals surface area contributed by atoms with Crippen molar-refractivity contribution in [2.45, 2.75) is 13.8 Å². The van der Waals surface area contributed by atoms with Crippen LogP contribution in [0.15, 0.2) is 51.8 Å². The minimum atomic E-state index is -0.285. The molecule has 29 heavy (non-hydrogen) atoms. The predicted molar refractivity (Wildman–Crippen MR) is 118 cm³/mol.